The summed E-state index contributed by atoms with van der Waals surface area (Å²) < 4.78 is 0. The lowest BCUT2D eigenvalue weighted by Gasteiger charge is -2.24. The molecule has 0 heterocycles. The number of hydrogen-bond donors (Lipinski definition) is 4. The lowest BCUT2D eigenvalue weighted by molar-refractivity contribution is 0.0431. The molecule has 0 aliphatic heterocycles. The van der Waals surface area contributed by atoms with Crippen LogP contribution in [0.4, 0.5) is 0 Å². The van der Waals surface area contributed by atoms with E-state index in [9.17, 15) is 15.3 Å². The Labute approximate surface area is 201 Å². The largest absolute Gasteiger partial charge is 0.507 e. The second kappa shape index (κ2) is 13.6. The van der Waals surface area contributed by atoms with E-state index in [1.807, 2.05) is 27.7 Å². The highest BCUT2D eigenvalue weighted by molar-refractivity contribution is 5.56. The van der Waals surface area contributed by atoms with E-state index in [2.05, 4.69) is 39.0 Å². The lowest BCUT2D eigenvalue weighted by atomic mass is 9.88. The molecule has 0 aliphatic carbocycles. The van der Waals surface area contributed by atoms with Crippen molar-refractivity contribution in [2.45, 2.75) is 105 Å². The van der Waals surface area contributed by atoms with Crippen LogP contribution in [0, 0.1) is 20.8 Å². The van der Waals surface area contributed by atoms with Gasteiger partial charge in [0.1, 0.15) is 11.5 Å². The summed E-state index contributed by atoms with van der Waals surface area (Å²) in [4.78, 5) is 0. The minimum atomic E-state index is -0.824. The van der Waals surface area contributed by atoms with E-state index in [-0.39, 0.29) is 11.5 Å². The van der Waals surface area contributed by atoms with Crippen LogP contribution in [0.1, 0.15) is 94.9 Å². The summed E-state index contributed by atoms with van der Waals surface area (Å²) in [6.07, 6.45) is 13.6. The van der Waals surface area contributed by atoms with Gasteiger partial charge in [-0.05, 0) is 117 Å². The number of benzene rings is 1. The van der Waals surface area contributed by atoms with Crippen LogP contribution in [0.15, 0.2) is 34.9 Å². The van der Waals surface area contributed by atoms with Crippen molar-refractivity contribution in [3.63, 3.8) is 0 Å². The van der Waals surface area contributed by atoms with E-state index in [0.29, 0.717) is 42.5 Å². The lowest BCUT2D eigenvalue weighted by Crippen LogP contribution is -2.24. The van der Waals surface area contributed by atoms with Gasteiger partial charge < -0.3 is 21.1 Å². The Morgan fingerprint density at radius 3 is 1.79 bits per heavy atom. The molecule has 33 heavy (non-hydrogen) atoms. The summed E-state index contributed by atoms with van der Waals surface area (Å²) in [5.74, 6) is 0.480. The maximum atomic E-state index is 10.9. The molecule has 5 N–H and O–H groups in total. The molecule has 4 nitrogen and oxygen atoms in total. The van der Waals surface area contributed by atoms with Gasteiger partial charge in [-0.15, -0.1) is 0 Å². The fourth-order valence-electron chi connectivity index (χ4n) is 4.02. The minimum Gasteiger partial charge on any atom is -0.507 e. The summed E-state index contributed by atoms with van der Waals surface area (Å²) in [5.41, 5.74) is 11.7. The summed E-state index contributed by atoms with van der Waals surface area (Å²) in [5, 5.41) is 31.7. The molecular formula is C29H47NO3. The van der Waals surface area contributed by atoms with Gasteiger partial charge >= 0.3 is 0 Å². The third kappa shape index (κ3) is 9.77. The number of phenolic OH excluding ortho intramolecular Hbond substituents is 2. The monoisotopic (exact) mass is 457 g/mol. The molecule has 4 heteroatoms. The van der Waals surface area contributed by atoms with Crippen molar-refractivity contribution in [1.82, 2.24) is 0 Å². The van der Waals surface area contributed by atoms with E-state index < -0.39 is 5.60 Å². The number of rotatable bonds is 13. The molecule has 0 radical (unpaired) electrons. The van der Waals surface area contributed by atoms with Gasteiger partial charge in [-0.2, -0.15) is 0 Å². The van der Waals surface area contributed by atoms with E-state index in [1.165, 1.54) is 16.7 Å². The Bertz CT molecular complexity index is 846. The van der Waals surface area contributed by atoms with Gasteiger partial charge in [0.15, 0.2) is 0 Å². The van der Waals surface area contributed by atoms with Crippen molar-refractivity contribution in [1.29, 1.82) is 0 Å². The third-order valence-corrected chi connectivity index (χ3v) is 6.84. The molecule has 0 aromatic heterocycles. The summed E-state index contributed by atoms with van der Waals surface area (Å²) in [7, 11) is 0. The highest BCUT2D eigenvalue weighted by atomic mass is 16.3. The second-order valence-electron chi connectivity index (χ2n) is 10.0. The van der Waals surface area contributed by atoms with Crippen molar-refractivity contribution in [2.24, 2.45) is 5.73 Å². The number of aliphatic hydroxyl groups is 1. The Balaban J connectivity index is 2.51. The fourth-order valence-corrected chi connectivity index (χ4v) is 4.02. The van der Waals surface area contributed by atoms with Crippen LogP contribution in [-0.4, -0.2) is 27.5 Å². The normalized spacial score (nSPS) is 15.1. The first-order valence-electron chi connectivity index (χ1n) is 12.3. The van der Waals surface area contributed by atoms with Crippen LogP contribution in [0.3, 0.4) is 0 Å². The first kappa shape index (κ1) is 29.0. The molecule has 0 saturated heterocycles. The van der Waals surface area contributed by atoms with Crippen LogP contribution in [0.25, 0.3) is 0 Å². The SMILES string of the molecule is CC(=CCCC(C)=CCCC(C)=CCCC(C)(O)CCc1c(C)c(O)c(C)c(C)c1O)CN. The number of aromatic hydroxyl groups is 2. The van der Waals surface area contributed by atoms with E-state index in [0.717, 1.165) is 37.7 Å². The van der Waals surface area contributed by atoms with Crippen LogP contribution in [0.2, 0.25) is 0 Å². The average Bonchev–Trinajstić information content (AvgIpc) is 2.76. The number of phenols is 2. The molecule has 186 valence electrons. The van der Waals surface area contributed by atoms with E-state index >= 15 is 0 Å². The molecule has 0 aliphatic rings. The molecular weight excluding hydrogens is 410 g/mol. The van der Waals surface area contributed by atoms with Crippen LogP contribution >= 0.6 is 0 Å². The van der Waals surface area contributed by atoms with Gasteiger partial charge in [0.2, 0.25) is 0 Å². The minimum absolute atomic E-state index is 0.239. The first-order valence-corrected chi connectivity index (χ1v) is 12.3. The average molecular weight is 458 g/mol. The van der Waals surface area contributed by atoms with Crippen molar-refractivity contribution in [3.8, 4) is 11.5 Å². The number of nitrogens with two attached hydrogens (primary N) is 1. The smallest absolute Gasteiger partial charge is 0.122 e. The Morgan fingerprint density at radius 2 is 1.24 bits per heavy atom. The van der Waals surface area contributed by atoms with Crippen molar-refractivity contribution in [2.75, 3.05) is 6.54 Å². The Kier molecular flexibility index (Phi) is 12.0. The maximum absolute atomic E-state index is 10.9. The second-order valence-corrected chi connectivity index (χ2v) is 10.0. The van der Waals surface area contributed by atoms with Gasteiger partial charge in [-0.1, -0.05) is 34.9 Å². The summed E-state index contributed by atoms with van der Waals surface area (Å²) >= 11 is 0. The van der Waals surface area contributed by atoms with Crippen LogP contribution < -0.4 is 5.73 Å². The molecule has 1 aromatic rings. The summed E-state index contributed by atoms with van der Waals surface area (Å²) in [6, 6.07) is 0. The van der Waals surface area contributed by atoms with E-state index in [4.69, 9.17) is 5.73 Å². The highest BCUT2D eigenvalue weighted by Crippen LogP contribution is 2.37. The molecule has 0 fully saturated rings. The molecule has 1 rings (SSSR count). The molecule has 0 amide bonds. The third-order valence-electron chi connectivity index (χ3n) is 6.84. The van der Waals surface area contributed by atoms with Gasteiger partial charge in [-0.3, -0.25) is 0 Å². The van der Waals surface area contributed by atoms with Gasteiger partial charge in [0, 0.05) is 12.1 Å². The Hall–Kier alpha value is -2.04. The standard InChI is InChI=1S/C29H47NO3/c1-20(13-9-14-22(3)19-30)11-8-12-21(2)15-10-17-29(7,33)18-16-26-25(6)27(31)23(4)24(5)28(26)32/h11,14-15,31-33H,8-10,12-13,16-19,30H2,1-7H3. The highest BCUT2D eigenvalue weighted by Gasteiger charge is 2.23. The van der Waals surface area contributed by atoms with Crippen molar-refractivity contribution < 1.29 is 15.3 Å². The molecule has 0 spiro atoms. The van der Waals surface area contributed by atoms with Crippen molar-refractivity contribution in [3.05, 3.63) is 57.2 Å². The van der Waals surface area contributed by atoms with Crippen LogP contribution in [0.5, 0.6) is 11.5 Å². The zero-order valence-corrected chi connectivity index (χ0v) is 22.0. The maximum Gasteiger partial charge on any atom is 0.122 e. The predicted octanol–water partition coefficient (Wildman–Crippen LogP) is 6.84. The fraction of sp³-hybridized carbons (Fsp3) is 0.586. The zero-order valence-electron chi connectivity index (χ0n) is 22.0. The Morgan fingerprint density at radius 1 is 0.758 bits per heavy atom. The van der Waals surface area contributed by atoms with E-state index in [1.54, 1.807) is 0 Å². The van der Waals surface area contributed by atoms with Crippen LogP contribution in [-0.2, 0) is 6.42 Å². The molecule has 1 atom stereocenters. The molecule has 0 bridgehead atoms. The topological polar surface area (TPSA) is 86.7 Å². The van der Waals surface area contributed by atoms with Gasteiger partial charge in [0.05, 0.1) is 5.60 Å². The molecule has 0 saturated carbocycles. The van der Waals surface area contributed by atoms with Gasteiger partial charge in [-0.25, -0.2) is 0 Å². The quantitative estimate of drug-likeness (QED) is 0.193. The van der Waals surface area contributed by atoms with Gasteiger partial charge in [0.25, 0.3) is 0 Å². The first-order chi connectivity index (χ1) is 15.4. The molecule has 1 unspecified atom stereocenters. The van der Waals surface area contributed by atoms with Crippen molar-refractivity contribution >= 4 is 0 Å². The molecule has 1 aromatic carbocycles. The number of hydrogen-bond acceptors (Lipinski definition) is 4. The number of allylic oxidation sites excluding steroid dienone is 5. The summed E-state index contributed by atoms with van der Waals surface area (Å²) in [6.45, 7) is 14.4. The zero-order chi connectivity index (χ0) is 25.2. The predicted molar refractivity (Wildman–Crippen MR) is 141 cm³/mol.